The monoisotopic (exact) mass is 256 g/mol. The molecule has 2 nitrogen and oxygen atoms in total. The van der Waals surface area contributed by atoms with Crippen LogP contribution in [0.4, 0.5) is 0 Å². The van der Waals surface area contributed by atoms with E-state index in [1.807, 2.05) is 20.8 Å². The second kappa shape index (κ2) is 8.63. The Bertz CT molecular complexity index is 144. The van der Waals surface area contributed by atoms with E-state index in [0.717, 1.165) is 32.1 Å². The number of hydrogen-bond acceptors (Lipinski definition) is 2. The lowest BCUT2D eigenvalue weighted by Gasteiger charge is -2.17. The molecule has 0 aromatic rings. The minimum absolute atomic E-state index is 0.217. The van der Waals surface area contributed by atoms with Crippen LogP contribution >= 0.6 is 23.2 Å². The van der Waals surface area contributed by atoms with E-state index in [1.165, 1.54) is 0 Å². The van der Waals surface area contributed by atoms with Crippen LogP contribution in [-0.4, -0.2) is 17.0 Å². The second-order valence-electron chi connectivity index (χ2n) is 4.61. The van der Waals surface area contributed by atoms with Crippen LogP contribution in [0.3, 0.4) is 0 Å². The fourth-order valence-electron chi connectivity index (χ4n) is 1.03. The first-order chi connectivity index (χ1) is 6.92. The van der Waals surface area contributed by atoms with Crippen LogP contribution in [0.2, 0.25) is 0 Å². The zero-order valence-corrected chi connectivity index (χ0v) is 11.4. The lowest BCUT2D eigenvalue weighted by molar-refractivity contribution is -0.348. The Morgan fingerprint density at radius 1 is 1.00 bits per heavy atom. The molecular formula is C11H22Cl2O2. The molecule has 0 fully saturated rings. The molecule has 0 saturated carbocycles. The first-order valence-electron chi connectivity index (χ1n) is 5.50. The van der Waals surface area contributed by atoms with Gasteiger partial charge in [-0.15, -0.1) is 23.2 Å². The molecule has 0 aliphatic heterocycles. The lowest BCUT2D eigenvalue weighted by atomic mass is 10.2. The third-order valence-corrected chi connectivity index (χ3v) is 2.15. The summed E-state index contributed by atoms with van der Waals surface area (Å²) in [6.07, 6.45) is 5.26. The highest BCUT2D eigenvalue weighted by atomic mass is 35.5. The fourth-order valence-corrected chi connectivity index (χ4v) is 1.34. The smallest absolute Gasteiger partial charge is 0.107 e. The van der Waals surface area contributed by atoms with Crippen molar-refractivity contribution in [3.8, 4) is 0 Å². The average molecular weight is 257 g/mol. The van der Waals surface area contributed by atoms with Crippen molar-refractivity contribution >= 4 is 23.2 Å². The number of halogens is 2. The number of hydrogen-bond donors (Lipinski definition) is 0. The van der Waals surface area contributed by atoms with E-state index in [1.54, 1.807) is 0 Å². The predicted octanol–water partition coefficient (Wildman–Crippen LogP) is 4.49. The summed E-state index contributed by atoms with van der Waals surface area (Å²) in [6, 6.07) is 0. The van der Waals surface area contributed by atoms with Crippen molar-refractivity contribution in [2.45, 2.75) is 63.3 Å². The quantitative estimate of drug-likeness (QED) is 0.276. The molecule has 0 aliphatic rings. The largest absolute Gasteiger partial charge is 0.236 e. The summed E-state index contributed by atoms with van der Waals surface area (Å²) in [6.45, 7) is 6.55. The molecule has 0 atom stereocenters. The molecule has 0 amide bonds. The summed E-state index contributed by atoms with van der Waals surface area (Å²) in [4.78, 5) is 9.99. The lowest BCUT2D eigenvalue weighted by Crippen LogP contribution is -2.19. The zero-order valence-electron chi connectivity index (χ0n) is 9.89. The third kappa shape index (κ3) is 14.5. The van der Waals surface area contributed by atoms with Gasteiger partial charge in [0, 0.05) is 0 Å². The Hall–Kier alpha value is 0.500. The van der Waals surface area contributed by atoms with Crippen molar-refractivity contribution in [2.24, 2.45) is 0 Å². The van der Waals surface area contributed by atoms with Gasteiger partial charge in [0.2, 0.25) is 0 Å². The van der Waals surface area contributed by atoms with Gasteiger partial charge in [-0.25, -0.2) is 9.78 Å². The number of alkyl halides is 2. The van der Waals surface area contributed by atoms with Gasteiger partial charge in [-0.2, -0.15) is 0 Å². The molecule has 92 valence electrons. The van der Waals surface area contributed by atoms with Gasteiger partial charge in [0.1, 0.15) is 4.84 Å². The summed E-state index contributed by atoms with van der Waals surface area (Å²) < 4.78 is 0. The minimum Gasteiger partial charge on any atom is -0.236 e. The first-order valence-corrected chi connectivity index (χ1v) is 6.38. The number of rotatable bonds is 8. The first kappa shape index (κ1) is 15.5. The van der Waals surface area contributed by atoms with Gasteiger partial charge in [0.05, 0.1) is 12.2 Å². The van der Waals surface area contributed by atoms with E-state index in [2.05, 4.69) is 0 Å². The molecule has 0 bridgehead atoms. The summed E-state index contributed by atoms with van der Waals surface area (Å²) in [7, 11) is 0. The van der Waals surface area contributed by atoms with Crippen LogP contribution < -0.4 is 0 Å². The molecule has 0 aliphatic carbocycles. The summed E-state index contributed by atoms with van der Waals surface area (Å²) in [5.74, 6) is 0. The van der Waals surface area contributed by atoms with Crippen molar-refractivity contribution in [1.82, 2.24) is 0 Å². The van der Waals surface area contributed by atoms with Gasteiger partial charge >= 0.3 is 0 Å². The second-order valence-corrected chi connectivity index (χ2v) is 5.89. The highest BCUT2D eigenvalue weighted by Crippen LogP contribution is 2.13. The number of unbranched alkanes of at least 4 members (excludes halogenated alkanes) is 3. The van der Waals surface area contributed by atoms with Crippen LogP contribution in [0.25, 0.3) is 0 Å². The van der Waals surface area contributed by atoms with Crippen molar-refractivity contribution < 1.29 is 9.78 Å². The molecule has 0 radical (unpaired) electrons. The van der Waals surface area contributed by atoms with E-state index in [-0.39, 0.29) is 10.4 Å². The molecule has 4 heteroatoms. The highest BCUT2D eigenvalue weighted by molar-refractivity contribution is 6.44. The molecule has 0 rings (SSSR count). The third-order valence-electron chi connectivity index (χ3n) is 1.71. The van der Waals surface area contributed by atoms with Gasteiger partial charge in [0.15, 0.2) is 0 Å². The van der Waals surface area contributed by atoms with Crippen molar-refractivity contribution in [2.75, 3.05) is 6.61 Å². The maximum absolute atomic E-state index is 5.61. The molecule has 0 spiro atoms. The predicted molar refractivity (Wildman–Crippen MR) is 65.4 cm³/mol. The van der Waals surface area contributed by atoms with Crippen LogP contribution in [-0.2, 0) is 9.78 Å². The van der Waals surface area contributed by atoms with Crippen LogP contribution in [0, 0.1) is 0 Å². The summed E-state index contributed by atoms with van der Waals surface area (Å²) >= 11 is 11.2. The maximum Gasteiger partial charge on any atom is 0.107 e. The van der Waals surface area contributed by atoms with Gasteiger partial charge < -0.3 is 0 Å². The summed E-state index contributed by atoms with van der Waals surface area (Å²) in [5, 5.41) is 0. The van der Waals surface area contributed by atoms with Crippen molar-refractivity contribution in [3.63, 3.8) is 0 Å². The maximum atomic E-state index is 5.61. The normalized spacial score (nSPS) is 12.4. The van der Waals surface area contributed by atoms with Gasteiger partial charge in [-0.05, 0) is 33.6 Å². The van der Waals surface area contributed by atoms with Crippen LogP contribution in [0.1, 0.15) is 52.9 Å². The molecule has 0 aromatic carbocycles. The molecule has 15 heavy (non-hydrogen) atoms. The Balaban J connectivity index is 3.06. The fraction of sp³-hybridized carbons (Fsp3) is 1.00. The molecule has 0 N–H and O–H groups in total. The molecule has 0 unspecified atom stereocenters. The van der Waals surface area contributed by atoms with Gasteiger partial charge in [-0.3, -0.25) is 0 Å². The zero-order chi connectivity index (χ0) is 11.7. The topological polar surface area (TPSA) is 18.5 Å². The Morgan fingerprint density at radius 3 is 2.13 bits per heavy atom. The molecular weight excluding hydrogens is 235 g/mol. The van der Waals surface area contributed by atoms with E-state index < -0.39 is 0 Å². The van der Waals surface area contributed by atoms with Crippen LogP contribution in [0.15, 0.2) is 0 Å². The van der Waals surface area contributed by atoms with Crippen molar-refractivity contribution in [1.29, 1.82) is 0 Å². The van der Waals surface area contributed by atoms with Crippen LogP contribution in [0.5, 0.6) is 0 Å². The molecule has 0 heterocycles. The van der Waals surface area contributed by atoms with E-state index in [0.29, 0.717) is 6.61 Å². The van der Waals surface area contributed by atoms with Gasteiger partial charge in [-0.1, -0.05) is 19.3 Å². The highest BCUT2D eigenvalue weighted by Gasteiger charge is 2.10. The average Bonchev–Trinajstić information content (AvgIpc) is 2.07. The minimum atomic E-state index is -0.218. The molecule has 0 saturated heterocycles. The van der Waals surface area contributed by atoms with Crippen molar-refractivity contribution in [3.05, 3.63) is 0 Å². The standard InChI is InChI=1S/C11H22Cl2O2/c1-11(2,3)15-14-9-7-5-4-6-8-10(12)13/h10H,4-9H2,1-3H3. The summed E-state index contributed by atoms with van der Waals surface area (Å²) in [5.41, 5.74) is -0.218. The van der Waals surface area contributed by atoms with E-state index >= 15 is 0 Å². The van der Waals surface area contributed by atoms with E-state index in [4.69, 9.17) is 33.0 Å². The Morgan fingerprint density at radius 2 is 1.60 bits per heavy atom. The Labute approximate surface area is 103 Å². The van der Waals surface area contributed by atoms with E-state index in [9.17, 15) is 0 Å². The molecule has 0 aromatic heterocycles. The Kier molecular flexibility index (Phi) is 8.92. The van der Waals surface area contributed by atoms with Gasteiger partial charge in [0.25, 0.3) is 0 Å². The SMILES string of the molecule is CC(C)(C)OOCCCCCCC(Cl)Cl.